The van der Waals surface area contributed by atoms with Crippen molar-refractivity contribution < 1.29 is 31.2 Å². The summed E-state index contributed by atoms with van der Waals surface area (Å²) in [5.41, 5.74) is 0.375. The van der Waals surface area contributed by atoms with E-state index in [0.29, 0.717) is 10.4 Å². The molecule has 0 radical (unpaired) electrons. The summed E-state index contributed by atoms with van der Waals surface area (Å²) in [6.07, 6.45) is 0.138. The van der Waals surface area contributed by atoms with E-state index in [1.54, 1.807) is 13.0 Å². The Morgan fingerprint density at radius 2 is 1.74 bits per heavy atom. The Balaban J connectivity index is 1.95. The fourth-order valence-corrected chi connectivity index (χ4v) is 5.59. The van der Waals surface area contributed by atoms with Crippen molar-refractivity contribution in [3.63, 3.8) is 0 Å². The SMILES string of the molecule is CC[C@H](C(=O)NC1CCCC1)N(Cc1cccc(C)c1)C(=O)CN(c1cccc(C(F)(F)F)c1)S(C)(=O)=O. The molecule has 0 unspecified atom stereocenters. The maximum atomic E-state index is 13.7. The number of alkyl halides is 3. The molecular weight excluding hydrogens is 519 g/mol. The average Bonchev–Trinajstić information content (AvgIpc) is 3.34. The van der Waals surface area contributed by atoms with Gasteiger partial charge in [0, 0.05) is 12.6 Å². The van der Waals surface area contributed by atoms with Crippen LogP contribution in [0.4, 0.5) is 18.9 Å². The maximum absolute atomic E-state index is 13.7. The summed E-state index contributed by atoms with van der Waals surface area (Å²) in [6.45, 7) is 2.94. The molecule has 1 N–H and O–H groups in total. The summed E-state index contributed by atoms with van der Waals surface area (Å²) in [6, 6.07) is 10.3. The van der Waals surface area contributed by atoms with E-state index >= 15 is 0 Å². The summed E-state index contributed by atoms with van der Waals surface area (Å²) in [7, 11) is -4.14. The third-order valence-corrected chi connectivity index (χ3v) is 7.80. The van der Waals surface area contributed by atoms with Crippen LogP contribution in [0.2, 0.25) is 0 Å². The van der Waals surface area contributed by atoms with Gasteiger partial charge in [0.1, 0.15) is 12.6 Å². The van der Waals surface area contributed by atoms with Crippen LogP contribution >= 0.6 is 0 Å². The van der Waals surface area contributed by atoms with E-state index in [0.717, 1.165) is 55.2 Å². The molecule has 1 aliphatic carbocycles. The van der Waals surface area contributed by atoms with Crippen LogP contribution < -0.4 is 9.62 Å². The molecule has 2 aromatic rings. The lowest BCUT2D eigenvalue weighted by Crippen LogP contribution is -2.53. The van der Waals surface area contributed by atoms with Gasteiger partial charge in [-0.3, -0.25) is 13.9 Å². The minimum absolute atomic E-state index is 0.0186. The number of anilines is 1. The highest BCUT2D eigenvalue weighted by molar-refractivity contribution is 7.92. The number of sulfonamides is 1. The number of nitrogens with zero attached hydrogens (tertiary/aromatic N) is 2. The molecule has 2 aromatic carbocycles. The molecule has 0 spiro atoms. The number of halogens is 3. The number of hydrogen-bond donors (Lipinski definition) is 1. The summed E-state index contributed by atoms with van der Waals surface area (Å²) in [5.74, 6) is -1.02. The Kier molecular flexibility index (Phi) is 9.45. The molecule has 0 aliphatic heterocycles. The zero-order chi connectivity index (χ0) is 28.1. The first-order valence-corrected chi connectivity index (χ1v) is 14.4. The van der Waals surface area contributed by atoms with Crippen molar-refractivity contribution in [2.45, 2.75) is 70.8 Å². The quantitative estimate of drug-likeness (QED) is 0.464. The zero-order valence-corrected chi connectivity index (χ0v) is 22.6. The molecule has 1 aliphatic rings. The van der Waals surface area contributed by atoms with E-state index in [4.69, 9.17) is 0 Å². The van der Waals surface area contributed by atoms with E-state index in [1.807, 2.05) is 25.1 Å². The molecule has 11 heteroatoms. The molecule has 7 nitrogen and oxygen atoms in total. The summed E-state index contributed by atoms with van der Waals surface area (Å²) < 4.78 is 65.9. The number of amides is 2. The topological polar surface area (TPSA) is 86.8 Å². The van der Waals surface area contributed by atoms with E-state index in [-0.39, 0.29) is 30.6 Å². The van der Waals surface area contributed by atoms with Crippen molar-refractivity contribution in [1.29, 1.82) is 0 Å². The Morgan fingerprint density at radius 1 is 1.08 bits per heavy atom. The van der Waals surface area contributed by atoms with Gasteiger partial charge in [-0.15, -0.1) is 0 Å². The van der Waals surface area contributed by atoms with Crippen molar-refractivity contribution >= 4 is 27.5 Å². The number of carbonyl (C=O) groups is 2. The van der Waals surface area contributed by atoms with E-state index in [2.05, 4.69) is 5.32 Å². The Morgan fingerprint density at radius 3 is 2.32 bits per heavy atom. The van der Waals surface area contributed by atoms with Gasteiger partial charge in [-0.25, -0.2) is 8.42 Å². The lowest BCUT2D eigenvalue weighted by molar-refractivity contribution is -0.140. The molecule has 0 saturated heterocycles. The minimum atomic E-state index is -4.69. The lowest BCUT2D eigenvalue weighted by Gasteiger charge is -2.33. The van der Waals surface area contributed by atoms with Gasteiger partial charge in [0.25, 0.3) is 0 Å². The molecule has 0 bridgehead atoms. The zero-order valence-electron chi connectivity index (χ0n) is 21.8. The van der Waals surface area contributed by atoms with Gasteiger partial charge in [0.05, 0.1) is 17.5 Å². The average molecular weight is 554 g/mol. The van der Waals surface area contributed by atoms with E-state index in [1.165, 1.54) is 11.0 Å². The monoisotopic (exact) mass is 553 g/mol. The number of nitrogens with one attached hydrogen (secondary N) is 1. The standard InChI is InChI=1S/C27H34F3N3O4S/c1-4-24(26(35)31-22-12-5-6-13-22)32(17-20-10-7-9-19(2)15-20)25(34)18-33(38(3,36)37)23-14-8-11-21(16-23)27(28,29)30/h7-11,14-16,22,24H,4-6,12-13,17-18H2,1-3H3,(H,31,35)/t24-/m1/s1. The molecule has 1 fully saturated rings. The second-order valence-corrected chi connectivity index (χ2v) is 11.6. The lowest BCUT2D eigenvalue weighted by atomic mass is 10.1. The predicted octanol–water partition coefficient (Wildman–Crippen LogP) is 4.65. The first-order valence-electron chi connectivity index (χ1n) is 12.6. The predicted molar refractivity (Wildman–Crippen MR) is 140 cm³/mol. The number of hydrogen-bond acceptors (Lipinski definition) is 4. The fourth-order valence-electron chi connectivity index (χ4n) is 4.75. The van der Waals surface area contributed by atoms with Gasteiger partial charge >= 0.3 is 6.18 Å². The van der Waals surface area contributed by atoms with Gasteiger partial charge in [-0.2, -0.15) is 13.2 Å². The van der Waals surface area contributed by atoms with Gasteiger partial charge in [0.2, 0.25) is 21.8 Å². The molecule has 3 rings (SSSR count). The van der Waals surface area contributed by atoms with Crippen molar-refractivity contribution in [1.82, 2.24) is 10.2 Å². The van der Waals surface area contributed by atoms with Crippen molar-refractivity contribution in [2.24, 2.45) is 0 Å². The normalized spacial score (nSPS) is 15.2. The minimum Gasteiger partial charge on any atom is -0.352 e. The third-order valence-electron chi connectivity index (χ3n) is 6.66. The summed E-state index contributed by atoms with van der Waals surface area (Å²) in [5, 5.41) is 3.01. The van der Waals surface area contributed by atoms with E-state index in [9.17, 15) is 31.2 Å². The Labute approximate surface area is 222 Å². The van der Waals surface area contributed by atoms with Crippen LogP contribution in [0.25, 0.3) is 0 Å². The van der Waals surface area contributed by atoms with Crippen LogP contribution in [0.3, 0.4) is 0 Å². The van der Waals surface area contributed by atoms with Crippen LogP contribution in [-0.2, 0) is 32.3 Å². The van der Waals surface area contributed by atoms with Gasteiger partial charge in [-0.05, 0) is 49.9 Å². The Hall–Kier alpha value is -3.08. The smallest absolute Gasteiger partial charge is 0.352 e. The molecular formula is C27H34F3N3O4S. The summed E-state index contributed by atoms with van der Waals surface area (Å²) in [4.78, 5) is 28.3. The van der Waals surface area contributed by atoms with Crippen LogP contribution in [0, 0.1) is 6.92 Å². The van der Waals surface area contributed by atoms with Crippen molar-refractivity contribution in [3.05, 3.63) is 65.2 Å². The Bertz CT molecular complexity index is 1240. The van der Waals surface area contributed by atoms with Crippen LogP contribution in [0.15, 0.2) is 48.5 Å². The summed E-state index contributed by atoms with van der Waals surface area (Å²) >= 11 is 0. The number of rotatable bonds is 10. The molecule has 0 aromatic heterocycles. The second kappa shape index (κ2) is 12.2. The van der Waals surface area contributed by atoms with E-state index < -0.39 is 40.3 Å². The first-order chi connectivity index (χ1) is 17.8. The highest BCUT2D eigenvalue weighted by Gasteiger charge is 2.35. The molecule has 1 saturated carbocycles. The van der Waals surface area contributed by atoms with Crippen LogP contribution in [-0.4, -0.2) is 50.0 Å². The van der Waals surface area contributed by atoms with Crippen molar-refractivity contribution in [2.75, 3.05) is 17.1 Å². The maximum Gasteiger partial charge on any atom is 0.416 e. The molecule has 0 heterocycles. The second-order valence-electron chi connectivity index (χ2n) is 9.74. The molecule has 208 valence electrons. The number of carbonyl (C=O) groups excluding carboxylic acids is 2. The molecule has 38 heavy (non-hydrogen) atoms. The highest BCUT2D eigenvalue weighted by Crippen LogP contribution is 2.32. The number of benzene rings is 2. The third kappa shape index (κ3) is 7.72. The van der Waals surface area contributed by atoms with Gasteiger partial charge in [-0.1, -0.05) is 55.7 Å². The van der Waals surface area contributed by atoms with Crippen molar-refractivity contribution in [3.8, 4) is 0 Å². The molecule has 2 amide bonds. The molecule has 1 atom stereocenters. The van der Waals surface area contributed by atoms with Gasteiger partial charge in [0.15, 0.2) is 0 Å². The van der Waals surface area contributed by atoms with Crippen LogP contribution in [0.5, 0.6) is 0 Å². The number of aryl methyl sites for hydroxylation is 1. The van der Waals surface area contributed by atoms with Crippen LogP contribution in [0.1, 0.15) is 55.7 Å². The van der Waals surface area contributed by atoms with Gasteiger partial charge < -0.3 is 10.2 Å². The first kappa shape index (κ1) is 29.5. The largest absolute Gasteiger partial charge is 0.416 e. The fraction of sp³-hybridized carbons (Fsp3) is 0.481. The highest BCUT2D eigenvalue weighted by atomic mass is 32.2.